The van der Waals surface area contributed by atoms with Gasteiger partial charge in [-0.2, -0.15) is 0 Å². The van der Waals surface area contributed by atoms with Gasteiger partial charge in [0.15, 0.2) is 6.61 Å². The summed E-state index contributed by atoms with van der Waals surface area (Å²) in [6, 6.07) is 5.89. The molecule has 0 aliphatic carbocycles. The second kappa shape index (κ2) is 7.29. The number of benzene rings is 1. The van der Waals surface area contributed by atoms with E-state index in [0.717, 1.165) is 42.8 Å². The van der Waals surface area contributed by atoms with Gasteiger partial charge in [0, 0.05) is 19.6 Å². The minimum atomic E-state index is 0.0875. The summed E-state index contributed by atoms with van der Waals surface area (Å²) in [4.78, 5) is 14.1. The van der Waals surface area contributed by atoms with Gasteiger partial charge in [-0.3, -0.25) is 4.79 Å². The van der Waals surface area contributed by atoms with Gasteiger partial charge in [-0.1, -0.05) is 25.0 Å². The fourth-order valence-corrected chi connectivity index (χ4v) is 2.48. The van der Waals surface area contributed by atoms with Crippen LogP contribution in [0.25, 0.3) is 0 Å². The second-order valence-corrected chi connectivity index (χ2v) is 5.39. The van der Waals surface area contributed by atoms with Crippen molar-refractivity contribution in [2.24, 2.45) is 5.73 Å². The topological polar surface area (TPSA) is 55.6 Å². The highest BCUT2D eigenvalue weighted by atomic mass is 16.5. The monoisotopic (exact) mass is 276 g/mol. The number of carbonyl (C=O) groups excluding carboxylic acids is 1. The number of aryl methyl sites for hydroxylation is 1. The normalized spacial score (nSPS) is 15.8. The molecule has 2 rings (SSSR count). The Balaban J connectivity index is 1.92. The molecule has 1 aromatic carbocycles. The summed E-state index contributed by atoms with van der Waals surface area (Å²) in [5.41, 5.74) is 7.68. The third kappa shape index (κ3) is 3.97. The van der Waals surface area contributed by atoms with E-state index in [2.05, 4.69) is 0 Å². The molecule has 4 nitrogen and oxygen atoms in total. The third-order valence-corrected chi connectivity index (χ3v) is 3.80. The zero-order valence-corrected chi connectivity index (χ0v) is 12.2. The Kier molecular flexibility index (Phi) is 5.41. The fourth-order valence-electron chi connectivity index (χ4n) is 2.48. The van der Waals surface area contributed by atoms with E-state index in [-0.39, 0.29) is 12.5 Å². The van der Waals surface area contributed by atoms with E-state index in [4.69, 9.17) is 10.5 Å². The van der Waals surface area contributed by atoms with Crippen molar-refractivity contribution in [3.05, 3.63) is 29.3 Å². The van der Waals surface area contributed by atoms with Crippen molar-refractivity contribution in [2.75, 3.05) is 19.7 Å². The van der Waals surface area contributed by atoms with E-state index < -0.39 is 0 Å². The van der Waals surface area contributed by atoms with Gasteiger partial charge in [-0.05, 0) is 37.0 Å². The molecule has 1 aliphatic rings. The van der Waals surface area contributed by atoms with Crippen molar-refractivity contribution < 1.29 is 9.53 Å². The van der Waals surface area contributed by atoms with Gasteiger partial charge in [0.2, 0.25) is 0 Å². The van der Waals surface area contributed by atoms with Crippen LogP contribution < -0.4 is 10.5 Å². The highest BCUT2D eigenvalue weighted by Crippen LogP contribution is 2.19. The van der Waals surface area contributed by atoms with Crippen LogP contribution in [-0.2, 0) is 11.3 Å². The van der Waals surface area contributed by atoms with Crippen LogP contribution in [0.3, 0.4) is 0 Å². The lowest BCUT2D eigenvalue weighted by Gasteiger charge is -2.20. The number of amides is 1. The first kappa shape index (κ1) is 14.9. The minimum absolute atomic E-state index is 0.0875. The molecule has 0 unspecified atom stereocenters. The van der Waals surface area contributed by atoms with Gasteiger partial charge in [0.1, 0.15) is 5.75 Å². The zero-order chi connectivity index (χ0) is 14.4. The van der Waals surface area contributed by atoms with E-state index in [0.29, 0.717) is 6.54 Å². The largest absolute Gasteiger partial charge is 0.483 e. The molecule has 0 radical (unpaired) electrons. The number of hydrogen-bond acceptors (Lipinski definition) is 3. The van der Waals surface area contributed by atoms with Crippen LogP contribution >= 0.6 is 0 Å². The molecular formula is C16H24N2O2. The van der Waals surface area contributed by atoms with Gasteiger partial charge in [-0.15, -0.1) is 0 Å². The zero-order valence-electron chi connectivity index (χ0n) is 12.2. The maximum atomic E-state index is 12.2. The van der Waals surface area contributed by atoms with Crippen molar-refractivity contribution in [3.63, 3.8) is 0 Å². The van der Waals surface area contributed by atoms with Crippen LogP contribution in [0.4, 0.5) is 0 Å². The first-order chi connectivity index (χ1) is 9.70. The number of nitrogens with two attached hydrogens (primary N) is 1. The van der Waals surface area contributed by atoms with Crippen LogP contribution in [0, 0.1) is 6.92 Å². The Morgan fingerprint density at radius 1 is 1.25 bits per heavy atom. The van der Waals surface area contributed by atoms with Crippen molar-refractivity contribution in [1.29, 1.82) is 0 Å². The molecule has 0 atom stereocenters. The lowest BCUT2D eigenvalue weighted by molar-refractivity contribution is -0.133. The van der Waals surface area contributed by atoms with Crippen molar-refractivity contribution >= 4 is 5.91 Å². The van der Waals surface area contributed by atoms with Crippen LogP contribution in [0.15, 0.2) is 18.2 Å². The molecular weight excluding hydrogens is 252 g/mol. The standard InChI is InChI=1S/C16H24N2O2/c1-13-6-7-14(11-17)10-15(13)20-12-16(19)18-8-4-2-3-5-9-18/h6-7,10H,2-5,8-9,11-12,17H2,1H3. The molecule has 1 aromatic rings. The lowest BCUT2D eigenvalue weighted by atomic mass is 10.1. The summed E-state index contributed by atoms with van der Waals surface area (Å²) in [5, 5.41) is 0. The van der Waals surface area contributed by atoms with Gasteiger partial charge in [0.05, 0.1) is 0 Å². The summed E-state index contributed by atoms with van der Waals surface area (Å²) in [5.74, 6) is 0.848. The van der Waals surface area contributed by atoms with E-state index in [1.807, 2.05) is 30.0 Å². The fraction of sp³-hybridized carbons (Fsp3) is 0.562. The van der Waals surface area contributed by atoms with Gasteiger partial charge in [0.25, 0.3) is 5.91 Å². The first-order valence-corrected chi connectivity index (χ1v) is 7.41. The molecule has 1 saturated heterocycles. The Hall–Kier alpha value is -1.55. The molecule has 110 valence electrons. The summed E-state index contributed by atoms with van der Waals surface area (Å²) in [6.07, 6.45) is 4.66. The van der Waals surface area contributed by atoms with Gasteiger partial charge >= 0.3 is 0 Å². The number of likely N-dealkylation sites (tertiary alicyclic amines) is 1. The summed E-state index contributed by atoms with van der Waals surface area (Å²) in [7, 11) is 0. The molecule has 0 saturated carbocycles. The summed E-state index contributed by atoms with van der Waals surface area (Å²) < 4.78 is 5.69. The van der Waals surface area contributed by atoms with Gasteiger partial charge < -0.3 is 15.4 Å². The SMILES string of the molecule is Cc1ccc(CN)cc1OCC(=O)N1CCCCCC1. The number of ether oxygens (including phenoxy) is 1. The molecule has 4 heteroatoms. The number of rotatable bonds is 4. The van der Waals surface area contributed by atoms with Crippen LogP contribution in [0.2, 0.25) is 0 Å². The molecule has 2 N–H and O–H groups in total. The van der Waals surface area contributed by atoms with E-state index in [9.17, 15) is 4.79 Å². The Morgan fingerprint density at radius 2 is 1.95 bits per heavy atom. The Labute approximate surface area is 120 Å². The van der Waals surface area contributed by atoms with E-state index >= 15 is 0 Å². The van der Waals surface area contributed by atoms with E-state index in [1.54, 1.807) is 0 Å². The lowest BCUT2D eigenvalue weighted by Crippen LogP contribution is -2.35. The highest BCUT2D eigenvalue weighted by Gasteiger charge is 2.16. The first-order valence-electron chi connectivity index (χ1n) is 7.41. The average molecular weight is 276 g/mol. The molecule has 20 heavy (non-hydrogen) atoms. The predicted molar refractivity (Wildman–Crippen MR) is 79.6 cm³/mol. The van der Waals surface area contributed by atoms with Crippen molar-refractivity contribution in [1.82, 2.24) is 4.90 Å². The maximum Gasteiger partial charge on any atom is 0.260 e. The Bertz CT molecular complexity index is 452. The molecule has 0 aromatic heterocycles. The van der Waals surface area contributed by atoms with Crippen LogP contribution in [-0.4, -0.2) is 30.5 Å². The highest BCUT2D eigenvalue weighted by molar-refractivity contribution is 5.77. The molecule has 1 fully saturated rings. The number of carbonyl (C=O) groups is 1. The summed E-state index contributed by atoms with van der Waals surface area (Å²) >= 11 is 0. The average Bonchev–Trinajstić information content (AvgIpc) is 2.75. The smallest absolute Gasteiger partial charge is 0.260 e. The second-order valence-electron chi connectivity index (χ2n) is 5.39. The summed E-state index contributed by atoms with van der Waals surface area (Å²) in [6.45, 7) is 4.31. The van der Waals surface area contributed by atoms with Crippen molar-refractivity contribution in [3.8, 4) is 5.75 Å². The van der Waals surface area contributed by atoms with Crippen molar-refractivity contribution in [2.45, 2.75) is 39.2 Å². The number of nitrogens with zero attached hydrogens (tertiary/aromatic N) is 1. The van der Waals surface area contributed by atoms with Crippen LogP contribution in [0.5, 0.6) is 5.75 Å². The maximum absolute atomic E-state index is 12.2. The van der Waals surface area contributed by atoms with Crippen LogP contribution in [0.1, 0.15) is 36.8 Å². The Morgan fingerprint density at radius 3 is 2.60 bits per heavy atom. The quantitative estimate of drug-likeness (QED) is 0.917. The third-order valence-electron chi connectivity index (χ3n) is 3.80. The molecule has 1 aliphatic heterocycles. The minimum Gasteiger partial charge on any atom is -0.483 e. The predicted octanol–water partition coefficient (Wildman–Crippen LogP) is 2.24. The molecule has 0 bridgehead atoms. The van der Waals surface area contributed by atoms with E-state index in [1.165, 1.54) is 12.8 Å². The molecule has 0 spiro atoms. The van der Waals surface area contributed by atoms with Gasteiger partial charge in [-0.25, -0.2) is 0 Å². The number of hydrogen-bond donors (Lipinski definition) is 1. The molecule has 1 amide bonds. The molecule has 1 heterocycles.